The second kappa shape index (κ2) is 9.33. The molecule has 7 heteroatoms. The summed E-state index contributed by atoms with van der Waals surface area (Å²) in [6.07, 6.45) is 5.18. The van der Waals surface area contributed by atoms with Gasteiger partial charge in [-0.1, -0.05) is 6.07 Å². The van der Waals surface area contributed by atoms with E-state index in [0.717, 1.165) is 55.4 Å². The van der Waals surface area contributed by atoms with Crippen molar-refractivity contribution in [3.05, 3.63) is 47.9 Å². The van der Waals surface area contributed by atoms with Gasteiger partial charge in [0.05, 0.1) is 30.7 Å². The number of piperidine rings is 1. The molecule has 0 spiro atoms. The summed E-state index contributed by atoms with van der Waals surface area (Å²) >= 11 is 0. The Morgan fingerprint density at radius 1 is 1.17 bits per heavy atom. The maximum Gasteiger partial charge on any atom is 0.236 e. The molecular weight excluding hydrogens is 366 g/mol. The minimum Gasteiger partial charge on any atom is -0.369 e. The number of pyridine rings is 2. The van der Waals surface area contributed by atoms with Crippen LogP contribution in [0.2, 0.25) is 0 Å². The highest BCUT2D eigenvalue weighted by atomic mass is 16.5. The molecule has 2 aromatic rings. The largest absolute Gasteiger partial charge is 0.369 e. The maximum absolute atomic E-state index is 12.6. The van der Waals surface area contributed by atoms with Gasteiger partial charge in [0.25, 0.3) is 0 Å². The van der Waals surface area contributed by atoms with Crippen molar-refractivity contribution in [2.75, 3.05) is 44.6 Å². The number of ether oxygens (including phenoxy) is 1. The zero-order valence-corrected chi connectivity index (χ0v) is 17.0. The van der Waals surface area contributed by atoms with E-state index in [1.165, 1.54) is 6.42 Å². The van der Waals surface area contributed by atoms with Crippen LogP contribution in [-0.4, -0.2) is 65.0 Å². The number of anilines is 2. The summed E-state index contributed by atoms with van der Waals surface area (Å²) in [6.45, 7) is 6.34. The van der Waals surface area contributed by atoms with E-state index in [9.17, 15) is 4.79 Å². The summed E-state index contributed by atoms with van der Waals surface area (Å²) < 4.78 is 5.93. The van der Waals surface area contributed by atoms with E-state index in [1.54, 1.807) is 6.20 Å². The predicted molar refractivity (Wildman–Crippen MR) is 112 cm³/mol. The molecule has 0 bridgehead atoms. The molecule has 2 aliphatic heterocycles. The monoisotopic (exact) mass is 395 g/mol. The Kier molecular flexibility index (Phi) is 6.36. The fourth-order valence-electron chi connectivity index (χ4n) is 3.89. The molecule has 2 aliphatic rings. The fourth-order valence-corrected chi connectivity index (χ4v) is 3.89. The Bertz CT molecular complexity index is 820. The number of carbonyl (C=O) groups excluding carboxylic acids is 1. The van der Waals surface area contributed by atoms with Gasteiger partial charge in [-0.15, -0.1) is 0 Å². The molecule has 29 heavy (non-hydrogen) atoms. The molecule has 2 aromatic heterocycles. The predicted octanol–water partition coefficient (Wildman–Crippen LogP) is 2.91. The number of rotatable bonds is 5. The van der Waals surface area contributed by atoms with E-state index in [4.69, 9.17) is 4.74 Å². The normalized spacial score (nSPS) is 20.4. The summed E-state index contributed by atoms with van der Waals surface area (Å²) in [5, 5.41) is 3.27. The zero-order chi connectivity index (χ0) is 20.1. The van der Waals surface area contributed by atoms with Crippen LogP contribution in [0.25, 0.3) is 0 Å². The molecule has 0 unspecified atom stereocenters. The van der Waals surface area contributed by atoms with Gasteiger partial charge in [0.1, 0.15) is 11.9 Å². The van der Waals surface area contributed by atoms with Gasteiger partial charge < -0.3 is 15.0 Å². The number of likely N-dealkylation sites (tertiary alicyclic amines) is 1. The lowest BCUT2D eigenvalue weighted by Crippen LogP contribution is -2.46. The fraction of sp³-hybridized carbons (Fsp3) is 0.500. The van der Waals surface area contributed by atoms with Crippen LogP contribution in [0.3, 0.4) is 0 Å². The van der Waals surface area contributed by atoms with Crippen LogP contribution >= 0.6 is 0 Å². The van der Waals surface area contributed by atoms with Crippen molar-refractivity contribution < 1.29 is 9.53 Å². The standard InChI is InChI=1S/C22H29N5O2/c1-17-6-5-7-21(24-17)25-18-8-9-19(23-14-18)20-15-26(12-13-29-20)16-22(28)27-10-3-2-4-11-27/h5-9,14,20H,2-4,10-13,15-16H2,1H3,(H,24,25)/t20-/m0/s1. The van der Waals surface area contributed by atoms with E-state index >= 15 is 0 Å². The second-order valence-electron chi connectivity index (χ2n) is 7.80. The zero-order valence-electron chi connectivity index (χ0n) is 17.0. The number of hydrogen-bond acceptors (Lipinski definition) is 6. The third kappa shape index (κ3) is 5.31. The topological polar surface area (TPSA) is 70.6 Å². The van der Waals surface area contributed by atoms with Crippen LogP contribution in [-0.2, 0) is 9.53 Å². The molecule has 1 atom stereocenters. The van der Waals surface area contributed by atoms with Crippen molar-refractivity contribution in [3.8, 4) is 0 Å². The molecule has 4 heterocycles. The Morgan fingerprint density at radius 2 is 2.03 bits per heavy atom. The van der Waals surface area contributed by atoms with Crippen molar-refractivity contribution in [3.63, 3.8) is 0 Å². The first-order chi connectivity index (χ1) is 14.2. The van der Waals surface area contributed by atoms with E-state index < -0.39 is 0 Å². The van der Waals surface area contributed by atoms with Gasteiger partial charge in [0, 0.05) is 31.9 Å². The van der Waals surface area contributed by atoms with E-state index in [0.29, 0.717) is 19.7 Å². The molecular formula is C22H29N5O2. The van der Waals surface area contributed by atoms with Gasteiger partial charge in [-0.05, 0) is 50.5 Å². The average molecular weight is 396 g/mol. The van der Waals surface area contributed by atoms with Crippen molar-refractivity contribution in [2.24, 2.45) is 0 Å². The average Bonchev–Trinajstić information content (AvgIpc) is 2.75. The van der Waals surface area contributed by atoms with Gasteiger partial charge in [-0.2, -0.15) is 0 Å². The van der Waals surface area contributed by atoms with Crippen molar-refractivity contribution in [2.45, 2.75) is 32.3 Å². The molecule has 2 fully saturated rings. The third-order valence-electron chi connectivity index (χ3n) is 5.50. The van der Waals surface area contributed by atoms with Crippen LogP contribution in [0.1, 0.15) is 36.8 Å². The highest BCUT2D eigenvalue weighted by molar-refractivity contribution is 5.78. The molecule has 7 nitrogen and oxygen atoms in total. The Morgan fingerprint density at radius 3 is 2.79 bits per heavy atom. The van der Waals surface area contributed by atoms with Crippen LogP contribution in [0.4, 0.5) is 11.5 Å². The smallest absolute Gasteiger partial charge is 0.236 e. The van der Waals surface area contributed by atoms with E-state index in [2.05, 4.69) is 20.2 Å². The van der Waals surface area contributed by atoms with Crippen molar-refractivity contribution >= 4 is 17.4 Å². The number of carbonyl (C=O) groups is 1. The molecule has 0 aliphatic carbocycles. The maximum atomic E-state index is 12.6. The lowest BCUT2D eigenvalue weighted by molar-refractivity contribution is -0.135. The van der Waals surface area contributed by atoms with E-state index in [-0.39, 0.29) is 12.0 Å². The summed E-state index contributed by atoms with van der Waals surface area (Å²) in [6, 6.07) is 9.85. The van der Waals surface area contributed by atoms with Crippen molar-refractivity contribution in [1.29, 1.82) is 0 Å². The summed E-state index contributed by atoms with van der Waals surface area (Å²) in [7, 11) is 0. The van der Waals surface area contributed by atoms with Crippen LogP contribution in [0.5, 0.6) is 0 Å². The van der Waals surface area contributed by atoms with Gasteiger partial charge in [-0.3, -0.25) is 14.7 Å². The highest BCUT2D eigenvalue weighted by Gasteiger charge is 2.26. The van der Waals surface area contributed by atoms with Crippen LogP contribution < -0.4 is 5.32 Å². The Hall–Kier alpha value is -2.51. The number of morpholine rings is 1. The van der Waals surface area contributed by atoms with Gasteiger partial charge >= 0.3 is 0 Å². The number of hydrogen-bond donors (Lipinski definition) is 1. The number of nitrogens with one attached hydrogen (secondary N) is 1. The summed E-state index contributed by atoms with van der Waals surface area (Å²) in [5.41, 5.74) is 2.75. The first-order valence-electron chi connectivity index (χ1n) is 10.5. The van der Waals surface area contributed by atoms with Crippen LogP contribution in [0, 0.1) is 6.92 Å². The summed E-state index contributed by atoms with van der Waals surface area (Å²) in [5.74, 6) is 1.04. The molecule has 0 radical (unpaired) electrons. The molecule has 0 aromatic carbocycles. The number of amides is 1. The first-order valence-corrected chi connectivity index (χ1v) is 10.5. The molecule has 2 saturated heterocycles. The van der Waals surface area contributed by atoms with Gasteiger partial charge in [0.2, 0.25) is 5.91 Å². The Labute approximate surface area is 172 Å². The molecule has 0 saturated carbocycles. The quantitative estimate of drug-likeness (QED) is 0.839. The third-order valence-corrected chi connectivity index (χ3v) is 5.50. The lowest BCUT2D eigenvalue weighted by Gasteiger charge is -2.34. The highest BCUT2D eigenvalue weighted by Crippen LogP contribution is 2.23. The molecule has 4 rings (SSSR count). The molecule has 1 amide bonds. The minimum absolute atomic E-state index is 0.107. The van der Waals surface area contributed by atoms with Gasteiger partial charge in [-0.25, -0.2) is 4.98 Å². The molecule has 154 valence electrons. The molecule has 1 N–H and O–H groups in total. The Balaban J connectivity index is 1.33. The van der Waals surface area contributed by atoms with Gasteiger partial charge in [0.15, 0.2) is 0 Å². The van der Waals surface area contributed by atoms with Crippen LogP contribution in [0.15, 0.2) is 36.5 Å². The minimum atomic E-state index is -0.107. The summed E-state index contributed by atoms with van der Waals surface area (Å²) in [4.78, 5) is 25.8. The first kappa shape index (κ1) is 19.8. The van der Waals surface area contributed by atoms with Crippen molar-refractivity contribution in [1.82, 2.24) is 19.8 Å². The number of aromatic nitrogens is 2. The SMILES string of the molecule is Cc1cccc(Nc2ccc([C@@H]3CN(CC(=O)N4CCCCC4)CCO3)nc2)n1. The number of nitrogens with zero attached hydrogens (tertiary/aromatic N) is 4. The second-order valence-corrected chi connectivity index (χ2v) is 7.80. The number of aryl methyl sites for hydroxylation is 1. The lowest BCUT2D eigenvalue weighted by atomic mass is 10.1. The van der Waals surface area contributed by atoms with E-state index in [1.807, 2.05) is 42.2 Å².